The van der Waals surface area contributed by atoms with Crippen LogP contribution in [0.2, 0.25) is 0 Å². The van der Waals surface area contributed by atoms with Gasteiger partial charge >= 0.3 is 0 Å². The fraction of sp³-hybridized carbons (Fsp3) is 0.154. The van der Waals surface area contributed by atoms with Gasteiger partial charge in [-0.1, -0.05) is 0 Å². The molecule has 96 valence electrons. The van der Waals surface area contributed by atoms with Crippen molar-refractivity contribution in [1.82, 2.24) is 19.6 Å². The Morgan fingerprint density at radius 3 is 2.95 bits per heavy atom. The zero-order chi connectivity index (χ0) is 13.1. The minimum absolute atomic E-state index is 0.413. The molecule has 2 heterocycles. The van der Waals surface area contributed by atoms with Crippen molar-refractivity contribution in [2.24, 2.45) is 0 Å². The molecule has 0 fully saturated rings. The lowest BCUT2D eigenvalue weighted by Crippen LogP contribution is -2.07. The summed E-state index contributed by atoms with van der Waals surface area (Å²) in [5.74, 6) is 0.500. The van der Waals surface area contributed by atoms with Crippen molar-refractivity contribution in [1.29, 1.82) is 0 Å². The van der Waals surface area contributed by atoms with E-state index in [0.717, 1.165) is 24.0 Å². The topological polar surface area (TPSA) is 61.9 Å². The normalized spacial score (nSPS) is 10.7. The molecule has 0 radical (unpaired) electrons. The molecule has 0 aliphatic heterocycles. The molecule has 6 nitrogen and oxygen atoms in total. The van der Waals surface area contributed by atoms with Gasteiger partial charge in [0, 0.05) is 30.0 Å². The van der Waals surface area contributed by atoms with E-state index in [-0.39, 0.29) is 0 Å². The van der Waals surface area contributed by atoms with Gasteiger partial charge in [-0.3, -0.25) is 14.2 Å². The average molecular weight is 256 g/mol. The van der Waals surface area contributed by atoms with E-state index in [1.807, 2.05) is 33.9 Å². The van der Waals surface area contributed by atoms with E-state index in [0.29, 0.717) is 12.2 Å². The Hall–Kier alpha value is -2.63. The molecule has 0 atom stereocenters. The summed E-state index contributed by atoms with van der Waals surface area (Å²) < 4.78 is 8.51. The van der Waals surface area contributed by atoms with E-state index in [1.165, 1.54) is 0 Å². The molecule has 0 unspecified atom stereocenters. The van der Waals surface area contributed by atoms with E-state index in [4.69, 9.17) is 4.74 Å². The second kappa shape index (κ2) is 4.93. The average Bonchev–Trinajstić information content (AvgIpc) is 3.05. The van der Waals surface area contributed by atoms with Gasteiger partial charge in [0.1, 0.15) is 5.75 Å². The van der Waals surface area contributed by atoms with Crippen LogP contribution in [0.15, 0.2) is 42.9 Å². The number of rotatable bonds is 5. The maximum Gasteiger partial charge on any atom is 0.298 e. The zero-order valence-electron chi connectivity index (χ0n) is 10.1. The van der Waals surface area contributed by atoms with Crippen molar-refractivity contribution in [2.75, 3.05) is 0 Å². The molecule has 0 N–H and O–H groups in total. The minimum atomic E-state index is 0.413. The van der Waals surface area contributed by atoms with Gasteiger partial charge in [0.15, 0.2) is 0 Å². The molecule has 0 saturated heterocycles. The fourth-order valence-corrected chi connectivity index (χ4v) is 1.93. The molecule has 0 saturated carbocycles. The van der Waals surface area contributed by atoms with E-state index in [1.54, 1.807) is 18.3 Å². The van der Waals surface area contributed by atoms with Gasteiger partial charge in [0.2, 0.25) is 0 Å². The van der Waals surface area contributed by atoms with Crippen LogP contribution >= 0.6 is 0 Å². The fourth-order valence-electron chi connectivity index (χ4n) is 1.93. The number of carbonyl (C=O) groups is 1. The first-order valence-electron chi connectivity index (χ1n) is 5.90. The Morgan fingerprint density at radius 2 is 2.16 bits per heavy atom. The molecule has 19 heavy (non-hydrogen) atoms. The minimum Gasteiger partial charge on any atom is -0.429 e. The number of aryl methyl sites for hydroxylation is 2. The quantitative estimate of drug-likeness (QED) is 0.648. The first-order valence-corrected chi connectivity index (χ1v) is 5.90. The standard InChI is InChI=1S/C13H12N4O2/c18-10-19-12-3-2-11-9-17(15-13(11)8-12)7-6-16-5-1-4-14-16/h1-5,8-10H,6-7H2. The zero-order valence-corrected chi connectivity index (χ0v) is 10.1. The summed E-state index contributed by atoms with van der Waals surface area (Å²) in [6.07, 6.45) is 5.63. The largest absolute Gasteiger partial charge is 0.429 e. The number of hydrogen-bond acceptors (Lipinski definition) is 4. The number of aromatic nitrogens is 4. The number of benzene rings is 1. The first-order chi connectivity index (χ1) is 9.35. The lowest BCUT2D eigenvalue weighted by atomic mass is 10.2. The molecule has 3 rings (SSSR count). The van der Waals surface area contributed by atoms with E-state index >= 15 is 0 Å². The second-order valence-electron chi connectivity index (χ2n) is 4.10. The molecule has 0 spiro atoms. The van der Waals surface area contributed by atoms with Gasteiger partial charge in [-0.2, -0.15) is 10.2 Å². The third-order valence-corrected chi connectivity index (χ3v) is 2.83. The molecule has 0 aliphatic carbocycles. The van der Waals surface area contributed by atoms with Crippen LogP contribution in [0.5, 0.6) is 5.75 Å². The van der Waals surface area contributed by atoms with Crippen LogP contribution < -0.4 is 4.74 Å². The predicted molar refractivity (Wildman–Crippen MR) is 68.7 cm³/mol. The molecule has 0 aliphatic rings. The third kappa shape index (κ3) is 2.47. The summed E-state index contributed by atoms with van der Waals surface area (Å²) in [7, 11) is 0. The van der Waals surface area contributed by atoms with E-state index in [2.05, 4.69) is 10.2 Å². The summed E-state index contributed by atoms with van der Waals surface area (Å²) in [6.45, 7) is 1.91. The highest BCUT2D eigenvalue weighted by atomic mass is 16.5. The lowest BCUT2D eigenvalue weighted by molar-refractivity contribution is -0.120. The highest BCUT2D eigenvalue weighted by molar-refractivity contribution is 5.79. The Bertz CT molecular complexity index is 688. The van der Waals surface area contributed by atoms with Gasteiger partial charge in [0.25, 0.3) is 6.47 Å². The van der Waals surface area contributed by atoms with Crippen LogP contribution in [-0.2, 0) is 17.9 Å². The van der Waals surface area contributed by atoms with Gasteiger partial charge in [-0.25, -0.2) is 0 Å². The van der Waals surface area contributed by atoms with Crippen LogP contribution in [0.4, 0.5) is 0 Å². The van der Waals surface area contributed by atoms with Crippen LogP contribution in [0.1, 0.15) is 0 Å². The Kier molecular flexibility index (Phi) is 2.97. The molecule has 1 aromatic carbocycles. The summed E-state index contributed by atoms with van der Waals surface area (Å²) in [5, 5.41) is 9.59. The maximum absolute atomic E-state index is 10.3. The monoisotopic (exact) mass is 256 g/mol. The number of carbonyl (C=O) groups excluding carboxylic acids is 1. The van der Waals surface area contributed by atoms with Gasteiger partial charge in [-0.15, -0.1) is 0 Å². The van der Waals surface area contributed by atoms with Crippen LogP contribution in [0.3, 0.4) is 0 Å². The molecule has 6 heteroatoms. The Morgan fingerprint density at radius 1 is 1.26 bits per heavy atom. The molecule has 0 bridgehead atoms. The molecule has 3 aromatic rings. The van der Waals surface area contributed by atoms with Crippen molar-refractivity contribution >= 4 is 17.4 Å². The smallest absolute Gasteiger partial charge is 0.298 e. The third-order valence-electron chi connectivity index (χ3n) is 2.83. The SMILES string of the molecule is O=COc1ccc2cn(CCn3cccn3)nc2c1. The summed E-state index contributed by atoms with van der Waals surface area (Å²) in [5.41, 5.74) is 0.805. The summed E-state index contributed by atoms with van der Waals surface area (Å²) in [6, 6.07) is 7.26. The van der Waals surface area contributed by atoms with Gasteiger partial charge in [0.05, 0.1) is 18.6 Å². The van der Waals surface area contributed by atoms with Crippen molar-refractivity contribution in [3.63, 3.8) is 0 Å². The predicted octanol–water partition coefficient (Wildman–Crippen LogP) is 1.47. The van der Waals surface area contributed by atoms with Crippen molar-refractivity contribution in [3.8, 4) is 5.75 Å². The highest BCUT2D eigenvalue weighted by Gasteiger charge is 2.03. The first kappa shape index (κ1) is 11.5. The Balaban J connectivity index is 1.79. The van der Waals surface area contributed by atoms with Crippen LogP contribution in [0.25, 0.3) is 10.9 Å². The van der Waals surface area contributed by atoms with Gasteiger partial charge in [-0.05, 0) is 18.2 Å². The molecular formula is C13H12N4O2. The lowest BCUT2D eigenvalue weighted by Gasteiger charge is -2.01. The van der Waals surface area contributed by atoms with Crippen molar-refractivity contribution in [2.45, 2.75) is 13.1 Å². The number of ether oxygens (including phenoxy) is 1. The van der Waals surface area contributed by atoms with E-state index in [9.17, 15) is 4.79 Å². The number of fused-ring (bicyclic) bond motifs is 1. The molecule has 2 aromatic heterocycles. The maximum atomic E-state index is 10.3. The van der Waals surface area contributed by atoms with Crippen LogP contribution in [0, 0.1) is 0 Å². The van der Waals surface area contributed by atoms with Gasteiger partial charge < -0.3 is 4.74 Å². The van der Waals surface area contributed by atoms with Crippen molar-refractivity contribution in [3.05, 3.63) is 42.9 Å². The molecule has 0 amide bonds. The number of hydrogen-bond donors (Lipinski definition) is 0. The van der Waals surface area contributed by atoms with Crippen molar-refractivity contribution < 1.29 is 9.53 Å². The second-order valence-corrected chi connectivity index (χ2v) is 4.10. The summed E-state index contributed by atoms with van der Waals surface area (Å²) >= 11 is 0. The van der Waals surface area contributed by atoms with E-state index < -0.39 is 0 Å². The summed E-state index contributed by atoms with van der Waals surface area (Å²) in [4.78, 5) is 10.3. The van der Waals surface area contributed by atoms with Crippen LogP contribution in [-0.4, -0.2) is 26.0 Å². The molecular weight excluding hydrogens is 244 g/mol. The Labute approximate surface area is 109 Å². The number of nitrogens with zero attached hydrogens (tertiary/aromatic N) is 4. The highest BCUT2D eigenvalue weighted by Crippen LogP contribution is 2.19.